The maximum absolute atomic E-state index is 12.9. The Morgan fingerprint density at radius 1 is 1.25 bits per heavy atom. The molecule has 2 rings (SSSR count). The van der Waals surface area contributed by atoms with Crippen LogP contribution in [0, 0.1) is 11.3 Å². The first-order chi connectivity index (χ1) is 9.43. The Bertz CT molecular complexity index is 662. The minimum Gasteiger partial charge on any atom is -0.384 e. The maximum atomic E-state index is 12.9. The van der Waals surface area contributed by atoms with Gasteiger partial charge >= 0.3 is 6.18 Å². The third-order valence-electron chi connectivity index (χ3n) is 2.78. The Labute approximate surface area is 112 Å². The Morgan fingerprint density at radius 3 is 2.65 bits per heavy atom. The molecule has 1 aromatic carbocycles. The molecule has 0 bridgehead atoms. The van der Waals surface area contributed by atoms with Gasteiger partial charge in [0.1, 0.15) is 6.10 Å². The lowest BCUT2D eigenvalue weighted by Gasteiger charge is -2.17. The summed E-state index contributed by atoms with van der Waals surface area (Å²) in [5, 5.41) is 18.9. The van der Waals surface area contributed by atoms with E-state index in [0.717, 1.165) is 18.5 Å². The van der Waals surface area contributed by atoms with Gasteiger partial charge < -0.3 is 5.11 Å². The van der Waals surface area contributed by atoms with E-state index in [1.54, 1.807) is 0 Å². The topological polar surface area (TPSA) is 56.9 Å². The second kappa shape index (κ2) is 5.31. The number of halogens is 3. The van der Waals surface area contributed by atoms with Crippen molar-refractivity contribution < 1.29 is 18.3 Å². The highest BCUT2D eigenvalue weighted by Crippen LogP contribution is 2.35. The first-order valence-corrected chi connectivity index (χ1v) is 5.62. The summed E-state index contributed by atoms with van der Waals surface area (Å²) in [4.78, 5) is 3.62. The molecule has 1 unspecified atom stereocenters. The van der Waals surface area contributed by atoms with E-state index in [9.17, 15) is 18.3 Å². The van der Waals surface area contributed by atoms with Crippen LogP contribution >= 0.6 is 0 Å². The number of aliphatic hydroxyl groups is 1. The van der Waals surface area contributed by atoms with E-state index >= 15 is 0 Å². The standard InChI is InChI=1S/C14H9F3N2O/c15-14(16,17)12-4-5-19-8-11(12)13(20)10-3-1-2-9(6-10)7-18/h1-6,8,13,20H. The minimum atomic E-state index is -4.58. The zero-order valence-corrected chi connectivity index (χ0v) is 10.1. The Kier molecular flexibility index (Phi) is 3.72. The number of rotatable bonds is 2. The molecule has 2 aromatic rings. The fraction of sp³-hybridized carbons (Fsp3) is 0.143. The van der Waals surface area contributed by atoms with Crippen molar-refractivity contribution in [2.45, 2.75) is 12.3 Å². The van der Waals surface area contributed by atoms with Crippen LogP contribution in [0.15, 0.2) is 42.7 Å². The predicted molar refractivity (Wildman–Crippen MR) is 64.5 cm³/mol. The van der Waals surface area contributed by atoms with Crippen molar-refractivity contribution in [2.75, 3.05) is 0 Å². The van der Waals surface area contributed by atoms with Crippen molar-refractivity contribution in [3.05, 3.63) is 65.0 Å². The first kappa shape index (κ1) is 14.0. The van der Waals surface area contributed by atoms with Gasteiger partial charge in [-0.25, -0.2) is 0 Å². The zero-order valence-electron chi connectivity index (χ0n) is 10.1. The van der Waals surface area contributed by atoms with Gasteiger partial charge in [0, 0.05) is 18.0 Å². The number of nitrogens with zero attached hydrogens (tertiary/aromatic N) is 2. The molecule has 0 saturated heterocycles. The van der Waals surface area contributed by atoms with Gasteiger partial charge in [-0.1, -0.05) is 12.1 Å². The number of pyridine rings is 1. The zero-order chi connectivity index (χ0) is 14.8. The molecule has 6 heteroatoms. The van der Waals surface area contributed by atoms with Crippen LogP contribution in [0.4, 0.5) is 13.2 Å². The van der Waals surface area contributed by atoms with Gasteiger partial charge in [-0.05, 0) is 23.8 Å². The third kappa shape index (κ3) is 2.78. The SMILES string of the molecule is N#Cc1cccc(C(O)c2cnccc2C(F)(F)F)c1. The summed E-state index contributed by atoms with van der Waals surface area (Å²) < 4.78 is 38.6. The molecule has 0 amide bonds. The summed E-state index contributed by atoms with van der Waals surface area (Å²) in [5.41, 5.74) is -0.806. The van der Waals surface area contributed by atoms with Gasteiger partial charge in [-0.2, -0.15) is 18.4 Å². The molecule has 0 saturated carbocycles. The second-order valence-corrected chi connectivity index (χ2v) is 4.10. The lowest BCUT2D eigenvalue weighted by molar-refractivity contribution is -0.139. The molecule has 0 radical (unpaired) electrons. The summed E-state index contributed by atoms with van der Waals surface area (Å²) in [6.07, 6.45) is -4.07. The molecule has 20 heavy (non-hydrogen) atoms. The van der Waals surface area contributed by atoms with E-state index < -0.39 is 17.8 Å². The first-order valence-electron chi connectivity index (χ1n) is 5.62. The monoisotopic (exact) mass is 278 g/mol. The number of hydrogen-bond acceptors (Lipinski definition) is 3. The largest absolute Gasteiger partial charge is 0.416 e. The van der Waals surface area contributed by atoms with Crippen molar-refractivity contribution in [3.8, 4) is 6.07 Å². The van der Waals surface area contributed by atoms with E-state index in [4.69, 9.17) is 5.26 Å². The number of alkyl halides is 3. The van der Waals surface area contributed by atoms with Crippen LogP contribution < -0.4 is 0 Å². The molecule has 1 aromatic heterocycles. The van der Waals surface area contributed by atoms with Gasteiger partial charge in [0.2, 0.25) is 0 Å². The minimum absolute atomic E-state index is 0.211. The number of hydrogen-bond donors (Lipinski definition) is 1. The number of aromatic nitrogens is 1. The highest BCUT2D eigenvalue weighted by atomic mass is 19.4. The smallest absolute Gasteiger partial charge is 0.384 e. The molecular weight excluding hydrogens is 269 g/mol. The van der Waals surface area contributed by atoms with Crippen LogP contribution in [0.2, 0.25) is 0 Å². The van der Waals surface area contributed by atoms with E-state index in [0.29, 0.717) is 0 Å². The van der Waals surface area contributed by atoms with Crippen LogP contribution in [0.3, 0.4) is 0 Å². The molecule has 3 nitrogen and oxygen atoms in total. The Hall–Kier alpha value is -2.39. The van der Waals surface area contributed by atoms with E-state index in [1.807, 2.05) is 6.07 Å². The van der Waals surface area contributed by atoms with Gasteiger partial charge in [-0.3, -0.25) is 4.98 Å². The van der Waals surface area contributed by atoms with Crippen molar-refractivity contribution in [3.63, 3.8) is 0 Å². The molecule has 1 atom stereocenters. The fourth-order valence-electron chi connectivity index (χ4n) is 1.84. The molecule has 0 spiro atoms. The molecule has 102 valence electrons. The van der Waals surface area contributed by atoms with Crippen LogP contribution in [0.25, 0.3) is 0 Å². The summed E-state index contributed by atoms with van der Waals surface area (Å²) in [5.74, 6) is 0. The molecule has 1 N–H and O–H groups in total. The lowest BCUT2D eigenvalue weighted by Crippen LogP contribution is -2.13. The number of aliphatic hydroxyl groups excluding tert-OH is 1. The van der Waals surface area contributed by atoms with Crippen LogP contribution in [-0.2, 0) is 6.18 Å². The molecular formula is C14H9F3N2O. The van der Waals surface area contributed by atoms with Crippen molar-refractivity contribution in [2.24, 2.45) is 0 Å². The van der Waals surface area contributed by atoms with Crippen molar-refractivity contribution in [1.82, 2.24) is 4.98 Å². The highest BCUT2D eigenvalue weighted by Gasteiger charge is 2.35. The van der Waals surface area contributed by atoms with Crippen LogP contribution in [-0.4, -0.2) is 10.1 Å². The summed E-state index contributed by atoms with van der Waals surface area (Å²) in [6, 6.07) is 8.49. The van der Waals surface area contributed by atoms with Gasteiger partial charge in [-0.15, -0.1) is 0 Å². The lowest BCUT2D eigenvalue weighted by atomic mass is 9.97. The number of nitriles is 1. The quantitative estimate of drug-likeness (QED) is 0.918. The fourth-order valence-corrected chi connectivity index (χ4v) is 1.84. The summed E-state index contributed by atoms with van der Waals surface area (Å²) in [7, 11) is 0. The molecule has 0 aliphatic heterocycles. The van der Waals surface area contributed by atoms with Gasteiger partial charge in [0.25, 0.3) is 0 Å². The van der Waals surface area contributed by atoms with Crippen LogP contribution in [0.5, 0.6) is 0 Å². The van der Waals surface area contributed by atoms with Crippen LogP contribution in [0.1, 0.15) is 28.4 Å². The molecule has 0 fully saturated rings. The third-order valence-corrected chi connectivity index (χ3v) is 2.78. The average molecular weight is 278 g/mol. The van der Waals surface area contributed by atoms with E-state index in [-0.39, 0.29) is 16.7 Å². The Morgan fingerprint density at radius 2 is 2.00 bits per heavy atom. The molecule has 1 heterocycles. The van der Waals surface area contributed by atoms with Gasteiger partial charge in [0.15, 0.2) is 0 Å². The maximum Gasteiger partial charge on any atom is 0.416 e. The Balaban J connectivity index is 2.49. The molecule has 0 aliphatic rings. The number of benzene rings is 1. The second-order valence-electron chi connectivity index (χ2n) is 4.10. The average Bonchev–Trinajstić information content (AvgIpc) is 2.45. The highest BCUT2D eigenvalue weighted by molar-refractivity contribution is 5.39. The summed E-state index contributed by atoms with van der Waals surface area (Å²) >= 11 is 0. The van der Waals surface area contributed by atoms with Crippen molar-refractivity contribution in [1.29, 1.82) is 5.26 Å². The summed E-state index contributed by atoms with van der Waals surface area (Å²) in [6.45, 7) is 0. The van der Waals surface area contributed by atoms with E-state index in [2.05, 4.69) is 4.98 Å². The molecule has 0 aliphatic carbocycles. The normalized spacial score (nSPS) is 12.8. The predicted octanol–water partition coefficient (Wildman–Crippen LogP) is 3.05. The van der Waals surface area contributed by atoms with Crippen molar-refractivity contribution >= 4 is 0 Å². The van der Waals surface area contributed by atoms with E-state index in [1.165, 1.54) is 24.3 Å². The van der Waals surface area contributed by atoms with Gasteiger partial charge in [0.05, 0.1) is 17.2 Å².